The summed E-state index contributed by atoms with van der Waals surface area (Å²) in [7, 11) is 1.36. The number of carbonyl (C=O) groups excluding carboxylic acids is 2. The van der Waals surface area contributed by atoms with E-state index in [1.807, 2.05) is 36.4 Å². The van der Waals surface area contributed by atoms with Crippen LogP contribution < -0.4 is 19.5 Å². The number of nitriles is 1. The minimum absolute atomic E-state index is 0.103. The molecule has 0 heterocycles. The fourth-order valence-corrected chi connectivity index (χ4v) is 4.53. The van der Waals surface area contributed by atoms with E-state index in [4.69, 9.17) is 14.2 Å². The molecule has 0 aliphatic heterocycles. The van der Waals surface area contributed by atoms with E-state index in [-0.39, 0.29) is 35.1 Å². The number of anilines is 1. The second kappa shape index (κ2) is 12.8. The third-order valence-electron chi connectivity index (χ3n) is 5.86. The van der Waals surface area contributed by atoms with E-state index in [0.717, 1.165) is 16.8 Å². The first kappa shape index (κ1) is 28.8. The van der Waals surface area contributed by atoms with E-state index >= 15 is 0 Å². The van der Waals surface area contributed by atoms with Crippen molar-refractivity contribution in [3.05, 3.63) is 104 Å². The maximum Gasteiger partial charge on any atom is 0.344 e. The van der Waals surface area contributed by atoms with Crippen LogP contribution in [0.1, 0.15) is 22.8 Å². The van der Waals surface area contributed by atoms with Crippen LogP contribution in [-0.2, 0) is 4.79 Å². The molecule has 0 bridgehead atoms. The number of nitro groups is 1. The summed E-state index contributed by atoms with van der Waals surface area (Å²) in [5.41, 5.74) is -0.0776. The Morgan fingerprint density at radius 3 is 2.56 bits per heavy atom. The standard InChI is InChI=1S/C30H22BrN3O7/c1-3-40-27-15-18(13-20(17-32)29(35)33-25-12-11-21(39-2)16-26(25)34(37)38)14-24(31)28(27)41-30(36)23-10-6-8-19-7-4-5-9-22(19)23/h4-16H,3H2,1-2H3,(H,33,35). The number of carbonyl (C=O) groups is 2. The average molecular weight is 616 g/mol. The van der Waals surface area contributed by atoms with Crippen LogP contribution in [0.5, 0.6) is 17.2 Å². The van der Waals surface area contributed by atoms with Gasteiger partial charge in [-0.25, -0.2) is 4.79 Å². The Balaban J connectivity index is 1.64. The molecule has 0 aromatic heterocycles. The van der Waals surface area contributed by atoms with Gasteiger partial charge in [0, 0.05) is 0 Å². The quantitative estimate of drug-likeness (QED) is 0.0548. The van der Waals surface area contributed by atoms with Gasteiger partial charge in [0.2, 0.25) is 0 Å². The maximum atomic E-state index is 13.2. The molecule has 4 aromatic rings. The van der Waals surface area contributed by atoms with E-state index in [1.165, 1.54) is 31.4 Å². The lowest BCUT2D eigenvalue weighted by molar-refractivity contribution is -0.384. The van der Waals surface area contributed by atoms with Gasteiger partial charge in [0.1, 0.15) is 23.1 Å². The Morgan fingerprint density at radius 1 is 1.10 bits per heavy atom. The molecular formula is C30H22BrN3O7. The molecule has 0 saturated carbocycles. The number of hydrogen-bond acceptors (Lipinski definition) is 8. The number of fused-ring (bicyclic) bond motifs is 1. The number of methoxy groups -OCH3 is 1. The molecule has 206 valence electrons. The van der Waals surface area contributed by atoms with E-state index in [2.05, 4.69) is 21.2 Å². The molecule has 10 nitrogen and oxygen atoms in total. The van der Waals surface area contributed by atoms with Gasteiger partial charge in [-0.15, -0.1) is 0 Å². The highest BCUT2D eigenvalue weighted by atomic mass is 79.9. The molecule has 0 radical (unpaired) electrons. The monoisotopic (exact) mass is 615 g/mol. The van der Waals surface area contributed by atoms with Gasteiger partial charge in [0.25, 0.3) is 11.6 Å². The van der Waals surface area contributed by atoms with Crippen LogP contribution in [0, 0.1) is 21.4 Å². The summed E-state index contributed by atoms with van der Waals surface area (Å²) in [5.74, 6) is -0.893. The molecular weight excluding hydrogens is 594 g/mol. The topological polar surface area (TPSA) is 141 Å². The summed E-state index contributed by atoms with van der Waals surface area (Å²) < 4.78 is 16.8. The Bertz CT molecular complexity index is 1740. The molecule has 1 amide bonds. The largest absolute Gasteiger partial charge is 0.496 e. The first-order valence-corrected chi connectivity index (χ1v) is 13.0. The maximum absolute atomic E-state index is 13.2. The van der Waals surface area contributed by atoms with Crippen molar-refractivity contribution in [1.29, 1.82) is 5.26 Å². The summed E-state index contributed by atoms with van der Waals surface area (Å²) in [4.78, 5) is 36.8. The molecule has 4 rings (SSSR count). The highest BCUT2D eigenvalue weighted by molar-refractivity contribution is 9.10. The molecule has 41 heavy (non-hydrogen) atoms. The van der Waals surface area contributed by atoms with Crippen molar-refractivity contribution in [2.75, 3.05) is 19.0 Å². The molecule has 0 spiro atoms. The predicted octanol–water partition coefficient (Wildman–Crippen LogP) is 6.68. The molecule has 0 atom stereocenters. The van der Waals surface area contributed by atoms with Crippen LogP contribution in [0.2, 0.25) is 0 Å². The summed E-state index contributed by atoms with van der Waals surface area (Å²) in [5, 5.41) is 25.2. The summed E-state index contributed by atoms with van der Waals surface area (Å²) >= 11 is 3.40. The Kier molecular flexibility index (Phi) is 8.96. The molecule has 0 fully saturated rings. The van der Waals surface area contributed by atoms with Crippen molar-refractivity contribution >= 4 is 56.0 Å². The van der Waals surface area contributed by atoms with Gasteiger partial charge < -0.3 is 19.5 Å². The lowest BCUT2D eigenvalue weighted by atomic mass is 10.0. The van der Waals surface area contributed by atoms with Crippen molar-refractivity contribution < 1.29 is 28.7 Å². The lowest BCUT2D eigenvalue weighted by Gasteiger charge is -2.14. The van der Waals surface area contributed by atoms with Gasteiger partial charge in [0.05, 0.1) is 34.7 Å². The zero-order chi connectivity index (χ0) is 29.5. The Morgan fingerprint density at radius 2 is 1.85 bits per heavy atom. The van der Waals surface area contributed by atoms with E-state index in [1.54, 1.807) is 25.1 Å². The van der Waals surface area contributed by atoms with Gasteiger partial charge >= 0.3 is 5.97 Å². The van der Waals surface area contributed by atoms with Crippen molar-refractivity contribution in [3.8, 4) is 23.3 Å². The van der Waals surface area contributed by atoms with Gasteiger partial charge in [-0.3, -0.25) is 14.9 Å². The second-order valence-corrected chi connectivity index (χ2v) is 9.30. The van der Waals surface area contributed by atoms with Gasteiger partial charge in [0.15, 0.2) is 11.5 Å². The number of nitrogens with zero attached hydrogens (tertiary/aromatic N) is 2. The van der Waals surface area contributed by atoms with Crippen LogP contribution in [-0.4, -0.2) is 30.5 Å². The first-order chi connectivity index (χ1) is 19.7. The number of hydrogen-bond donors (Lipinski definition) is 1. The van der Waals surface area contributed by atoms with Crippen molar-refractivity contribution in [2.24, 2.45) is 0 Å². The second-order valence-electron chi connectivity index (χ2n) is 8.44. The molecule has 0 saturated heterocycles. The average Bonchev–Trinajstić information content (AvgIpc) is 2.97. The number of esters is 1. The number of ether oxygens (including phenoxy) is 3. The molecule has 0 aliphatic carbocycles. The highest BCUT2D eigenvalue weighted by Crippen LogP contribution is 2.38. The zero-order valence-electron chi connectivity index (χ0n) is 21.8. The summed E-state index contributed by atoms with van der Waals surface area (Å²) in [6.07, 6.45) is 1.29. The van der Waals surface area contributed by atoms with Gasteiger partial charge in [-0.05, 0) is 75.6 Å². The minimum atomic E-state index is -0.860. The van der Waals surface area contributed by atoms with Crippen LogP contribution in [0.15, 0.2) is 82.8 Å². The zero-order valence-corrected chi connectivity index (χ0v) is 23.4. The van der Waals surface area contributed by atoms with Crippen LogP contribution in [0.3, 0.4) is 0 Å². The third kappa shape index (κ3) is 6.51. The van der Waals surface area contributed by atoms with Crippen LogP contribution in [0.4, 0.5) is 11.4 Å². The Labute approximate surface area is 243 Å². The number of amides is 1. The van der Waals surface area contributed by atoms with Crippen molar-refractivity contribution in [3.63, 3.8) is 0 Å². The number of rotatable bonds is 9. The minimum Gasteiger partial charge on any atom is -0.496 e. The smallest absolute Gasteiger partial charge is 0.344 e. The fraction of sp³-hybridized carbons (Fsp3) is 0.100. The van der Waals surface area contributed by atoms with E-state index in [9.17, 15) is 25.0 Å². The molecule has 0 aliphatic rings. The van der Waals surface area contributed by atoms with Crippen LogP contribution in [0.25, 0.3) is 16.8 Å². The van der Waals surface area contributed by atoms with Crippen molar-refractivity contribution in [1.82, 2.24) is 0 Å². The third-order valence-corrected chi connectivity index (χ3v) is 6.45. The summed E-state index contributed by atoms with van der Waals surface area (Å²) in [6, 6.07) is 21.5. The molecule has 11 heteroatoms. The molecule has 4 aromatic carbocycles. The summed E-state index contributed by atoms with van der Waals surface area (Å²) in [6.45, 7) is 1.99. The van der Waals surface area contributed by atoms with Gasteiger partial charge in [-0.1, -0.05) is 36.4 Å². The first-order valence-electron chi connectivity index (χ1n) is 12.2. The van der Waals surface area contributed by atoms with Crippen molar-refractivity contribution in [2.45, 2.75) is 6.92 Å². The van der Waals surface area contributed by atoms with E-state index in [0.29, 0.717) is 15.6 Å². The Hall–Kier alpha value is -5.21. The predicted molar refractivity (Wildman–Crippen MR) is 156 cm³/mol. The number of benzene rings is 4. The van der Waals surface area contributed by atoms with E-state index < -0.39 is 22.5 Å². The molecule has 0 unspecified atom stereocenters. The normalized spacial score (nSPS) is 10.9. The number of nitro benzene ring substituents is 1. The number of halogens is 1. The molecule has 1 N–H and O–H groups in total. The fourth-order valence-electron chi connectivity index (χ4n) is 3.98. The van der Waals surface area contributed by atoms with Gasteiger partial charge in [-0.2, -0.15) is 5.26 Å². The lowest BCUT2D eigenvalue weighted by Crippen LogP contribution is -2.14. The SMILES string of the molecule is CCOc1cc(C=C(C#N)C(=O)Nc2ccc(OC)cc2[N+](=O)[O-])cc(Br)c1OC(=O)c1cccc2ccccc12. The highest BCUT2D eigenvalue weighted by Gasteiger charge is 2.21. The van der Waals surface area contributed by atoms with Crippen LogP contribution >= 0.6 is 15.9 Å². The number of nitrogens with one attached hydrogen (secondary N) is 1.